The summed E-state index contributed by atoms with van der Waals surface area (Å²) in [5.41, 5.74) is 1.17. The zero-order valence-electron chi connectivity index (χ0n) is 11.2. The van der Waals surface area contributed by atoms with Crippen LogP contribution in [-0.4, -0.2) is 27.0 Å². The van der Waals surface area contributed by atoms with Gasteiger partial charge in [-0.25, -0.2) is 4.98 Å². The molecule has 0 aliphatic carbocycles. The number of amides is 2. The van der Waals surface area contributed by atoms with Crippen LogP contribution in [0.2, 0.25) is 0 Å². The molecule has 0 fully saturated rings. The molecule has 2 amide bonds. The predicted octanol–water partition coefficient (Wildman–Crippen LogP) is 1.58. The number of aromatic nitrogens is 3. The van der Waals surface area contributed by atoms with Gasteiger partial charge in [0.15, 0.2) is 0 Å². The second kappa shape index (κ2) is 5.96. The number of anilines is 2. The Balaban J connectivity index is 2.09. The van der Waals surface area contributed by atoms with Crippen LogP contribution in [-0.2, 0) is 11.2 Å². The lowest BCUT2D eigenvalue weighted by Gasteiger charge is -2.06. The summed E-state index contributed by atoms with van der Waals surface area (Å²) in [6, 6.07) is 6.85. The molecule has 0 atom stereocenters. The molecule has 1 heterocycles. The minimum Gasteiger partial charge on any atom is -0.326 e. The van der Waals surface area contributed by atoms with E-state index in [4.69, 9.17) is 0 Å². The van der Waals surface area contributed by atoms with Crippen LogP contribution in [0.25, 0.3) is 0 Å². The van der Waals surface area contributed by atoms with E-state index in [1.807, 2.05) is 6.92 Å². The molecule has 1 aromatic carbocycles. The number of H-pyrrole nitrogens is 1. The smallest absolute Gasteiger partial charge is 0.295 e. The van der Waals surface area contributed by atoms with Crippen molar-refractivity contribution in [2.75, 3.05) is 10.6 Å². The van der Waals surface area contributed by atoms with E-state index in [0.29, 0.717) is 23.6 Å². The van der Waals surface area contributed by atoms with Gasteiger partial charge in [0.05, 0.1) is 0 Å². The minimum atomic E-state index is -0.402. The van der Waals surface area contributed by atoms with Crippen molar-refractivity contribution in [1.29, 1.82) is 0 Å². The summed E-state index contributed by atoms with van der Waals surface area (Å²) in [4.78, 5) is 27.0. The lowest BCUT2D eigenvalue weighted by Crippen LogP contribution is -2.14. The molecule has 0 unspecified atom stereocenters. The van der Waals surface area contributed by atoms with Crippen LogP contribution in [0, 0.1) is 0 Å². The van der Waals surface area contributed by atoms with Crippen molar-refractivity contribution in [3.05, 3.63) is 35.9 Å². The highest BCUT2D eigenvalue weighted by Crippen LogP contribution is 2.15. The Morgan fingerprint density at radius 3 is 2.55 bits per heavy atom. The molecule has 0 aliphatic rings. The quantitative estimate of drug-likeness (QED) is 0.787. The molecule has 0 saturated carbocycles. The average Bonchev–Trinajstić information content (AvgIpc) is 2.87. The van der Waals surface area contributed by atoms with Crippen LogP contribution in [0.5, 0.6) is 0 Å². The molecule has 7 nitrogen and oxygen atoms in total. The molecule has 0 spiro atoms. The molecule has 2 rings (SSSR count). The molecule has 20 heavy (non-hydrogen) atoms. The molecule has 0 bridgehead atoms. The first kappa shape index (κ1) is 13.7. The fraction of sp³-hybridized carbons (Fsp3) is 0.231. The standard InChI is InChI=1S/C13H15N5O2/c1-3-11-16-12(18-17-11)13(20)15-10-6-4-5-9(7-10)14-8(2)19/h4-7H,3H2,1-2H3,(H,14,19)(H,15,20)(H,16,17,18). The van der Waals surface area contributed by atoms with E-state index in [1.165, 1.54) is 6.92 Å². The van der Waals surface area contributed by atoms with Gasteiger partial charge in [-0.05, 0) is 18.2 Å². The lowest BCUT2D eigenvalue weighted by atomic mass is 10.2. The summed E-state index contributed by atoms with van der Waals surface area (Å²) in [7, 11) is 0. The summed E-state index contributed by atoms with van der Waals surface area (Å²) >= 11 is 0. The molecular weight excluding hydrogens is 258 g/mol. The monoisotopic (exact) mass is 273 g/mol. The molecular formula is C13H15N5O2. The number of hydrogen-bond donors (Lipinski definition) is 3. The van der Waals surface area contributed by atoms with Crippen LogP contribution in [0.1, 0.15) is 30.3 Å². The molecule has 2 aromatic rings. The Kier molecular flexibility index (Phi) is 4.09. The molecule has 0 radical (unpaired) electrons. The number of nitrogens with one attached hydrogen (secondary N) is 3. The third-order valence-corrected chi connectivity index (χ3v) is 2.51. The van der Waals surface area contributed by atoms with Gasteiger partial charge >= 0.3 is 0 Å². The number of rotatable bonds is 4. The Bertz CT molecular complexity index is 635. The highest BCUT2D eigenvalue weighted by molar-refractivity contribution is 6.02. The Morgan fingerprint density at radius 2 is 1.95 bits per heavy atom. The van der Waals surface area contributed by atoms with Gasteiger partial charge in [-0.1, -0.05) is 13.0 Å². The zero-order chi connectivity index (χ0) is 14.5. The highest BCUT2D eigenvalue weighted by Gasteiger charge is 2.12. The van der Waals surface area contributed by atoms with Crippen LogP contribution < -0.4 is 10.6 Å². The molecule has 7 heteroatoms. The van der Waals surface area contributed by atoms with E-state index in [0.717, 1.165) is 0 Å². The highest BCUT2D eigenvalue weighted by atomic mass is 16.2. The molecule has 3 N–H and O–H groups in total. The number of hydrogen-bond acceptors (Lipinski definition) is 4. The lowest BCUT2D eigenvalue weighted by molar-refractivity contribution is -0.114. The van der Waals surface area contributed by atoms with Gasteiger partial charge in [-0.3, -0.25) is 14.7 Å². The number of carbonyl (C=O) groups is 2. The maximum absolute atomic E-state index is 11.9. The predicted molar refractivity (Wildman–Crippen MR) is 74.5 cm³/mol. The summed E-state index contributed by atoms with van der Waals surface area (Å²) < 4.78 is 0. The van der Waals surface area contributed by atoms with Crippen LogP contribution in [0.3, 0.4) is 0 Å². The Hall–Kier alpha value is -2.70. The fourth-order valence-electron chi connectivity index (χ4n) is 1.62. The van der Waals surface area contributed by atoms with E-state index in [2.05, 4.69) is 25.8 Å². The van der Waals surface area contributed by atoms with E-state index >= 15 is 0 Å². The summed E-state index contributed by atoms with van der Waals surface area (Å²) in [5.74, 6) is 0.171. The van der Waals surface area contributed by atoms with E-state index < -0.39 is 5.91 Å². The number of benzene rings is 1. The van der Waals surface area contributed by atoms with Crippen LogP contribution in [0.4, 0.5) is 11.4 Å². The fourth-order valence-corrected chi connectivity index (χ4v) is 1.62. The zero-order valence-corrected chi connectivity index (χ0v) is 11.2. The van der Waals surface area contributed by atoms with Crippen molar-refractivity contribution in [2.24, 2.45) is 0 Å². The Labute approximate surface area is 115 Å². The van der Waals surface area contributed by atoms with E-state index in [-0.39, 0.29) is 11.7 Å². The molecule has 104 valence electrons. The van der Waals surface area contributed by atoms with Gasteiger partial charge in [-0.15, -0.1) is 5.10 Å². The number of nitrogens with zero attached hydrogens (tertiary/aromatic N) is 2. The summed E-state index contributed by atoms with van der Waals surface area (Å²) in [5, 5.41) is 11.8. The van der Waals surface area contributed by atoms with Gasteiger partial charge in [0.2, 0.25) is 11.7 Å². The molecule has 0 aliphatic heterocycles. The molecule has 0 saturated heterocycles. The van der Waals surface area contributed by atoms with Crippen molar-refractivity contribution >= 4 is 23.2 Å². The maximum Gasteiger partial charge on any atom is 0.295 e. The largest absolute Gasteiger partial charge is 0.326 e. The van der Waals surface area contributed by atoms with Crippen molar-refractivity contribution < 1.29 is 9.59 Å². The minimum absolute atomic E-state index is 0.0896. The van der Waals surface area contributed by atoms with Gasteiger partial charge in [0.1, 0.15) is 5.82 Å². The normalized spacial score (nSPS) is 10.1. The van der Waals surface area contributed by atoms with E-state index in [9.17, 15) is 9.59 Å². The van der Waals surface area contributed by atoms with Crippen molar-refractivity contribution in [3.8, 4) is 0 Å². The second-order valence-corrected chi connectivity index (χ2v) is 4.18. The first-order valence-electron chi connectivity index (χ1n) is 6.18. The van der Waals surface area contributed by atoms with Crippen LogP contribution in [0.15, 0.2) is 24.3 Å². The van der Waals surface area contributed by atoms with Crippen molar-refractivity contribution in [2.45, 2.75) is 20.3 Å². The third-order valence-electron chi connectivity index (χ3n) is 2.51. The summed E-state index contributed by atoms with van der Waals surface area (Å²) in [6.07, 6.45) is 0.679. The third kappa shape index (κ3) is 3.41. The van der Waals surface area contributed by atoms with Gasteiger partial charge in [-0.2, -0.15) is 0 Å². The maximum atomic E-state index is 11.9. The second-order valence-electron chi connectivity index (χ2n) is 4.18. The average molecular weight is 273 g/mol. The SMILES string of the molecule is CCc1nc(C(=O)Nc2cccc(NC(C)=O)c2)n[nH]1. The van der Waals surface area contributed by atoms with E-state index in [1.54, 1.807) is 24.3 Å². The van der Waals surface area contributed by atoms with Crippen molar-refractivity contribution in [1.82, 2.24) is 15.2 Å². The van der Waals surface area contributed by atoms with Crippen LogP contribution >= 0.6 is 0 Å². The van der Waals surface area contributed by atoms with Crippen molar-refractivity contribution in [3.63, 3.8) is 0 Å². The number of carbonyl (C=O) groups excluding carboxylic acids is 2. The topological polar surface area (TPSA) is 99.8 Å². The first-order valence-corrected chi connectivity index (χ1v) is 6.18. The van der Waals surface area contributed by atoms with Gasteiger partial charge in [0.25, 0.3) is 5.91 Å². The first-order chi connectivity index (χ1) is 9.58. The Morgan fingerprint density at radius 1 is 1.25 bits per heavy atom. The molecule has 1 aromatic heterocycles. The summed E-state index contributed by atoms with van der Waals surface area (Å²) in [6.45, 7) is 3.34. The number of aryl methyl sites for hydroxylation is 1. The van der Waals surface area contributed by atoms with Gasteiger partial charge in [0, 0.05) is 24.7 Å². The van der Waals surface area contributed by atoms with Gasteiger partial charge < -0.3 is 10.6 Å². The number of aromatic amines is 1.